The topological polar surface area (TPSA) is 29.9 Å². The van der Waals surface area contributed by atoms with Crippen LogP contribution in [-0.2, 0) is 7.05 Å². The van der Waals surface area contributed by atoms with Crippen LogP contribution in [0, 0.1) is 0 Å². The molecule has 0 radical (unpaired) electrons. The van der Waals surface area contributed by atoms with Crippen molar-refractivity contribution in [3.05, 3.63) is 11.5 Å². The van der Waals surface area contributed by atoms with Gasteiger partial charge in [-0.3, -0.25) is 0 Å². The van der Waals surface area contributed by atoms with Crippen LogP contribution in [0.5, 0.6) is 0 Å². The van der Waals surface area contributed by atoms with Gasteiger partial charge in [0.1, 0.15) is 0 Å². The smallest absolute Gasteiger partial charge is 0.163 e. The molecule has 0 atom stereocenters. The molecular formula is C5H8ClN3. The number of rotatable bonds is 1. The lowest BCUT2D eigenvalue weighted by atomic mass is 10.7. The minimum absolute atomic E-state index is 0.637. The van der Waals surface area contributed by atoms with E-state index in [4.69, 9.17) is 11.6 Å². The monoisotopic (exact) mass is 145 g/mol. The average Bonchev–Trinajstić information content (AvgIpc) is 2.15. The highest BCUT2D eigenvalue weighted by Gasteiger charge is 2.00. The van der Waals surface area contributed by atoms with Crippen LogP contribution in [-0.4, -0.2) is 16.6 Å². The molecule has 0 aliphatic carbocycles. The average molecular weight is 146 g/mol. The first-order chi connectivity index (χ1) is 4.25. The number of nitrogens with zero attached hydrogens (tertiary/aromatic N) is 2. The van der Waals surface area contributed by atoms with Gasteiger partial charge in [-0.25, -0.2) is 4.98 Å². The highest BCUT2D eigenvalue weighted by Crippen LogP contribution is 2.16. The first kappa shape index (κ1) is 6.42. The largest absolute Gasteiger partial charge is 0.371 e. The molecule has 0 saturated heterocycles. The molecule has 0 unspecified atom stereocenters. The molecule has 4 heteroatoms. The second kappa shape index (κ2) is 2.27. The van der Waals surface area contributed by atoms with Crippen LogP contribution in [0.2, 0.25) is 5.15 Å². The van der Waals surface area contributed by atoms with Crippen molar-refractivity contribution in [2.45, 2.75) is 0 Å². The Hall–Kier alpha value is -0.700. The third kappa shape index (κ3) is 1.00. The molecule has 50 valence electrons. The maximum absolute atomic E-state index is 5.75. The van der Waals surface area contributed by atoms with E-state index in [2.05, 4.69) is 10.3 Å². The summed E-state index contributed by atoms with van der Waals surface area (Å²) in [5, 5.41) is 3.49. The number of nitrogens with one attached hydrogen (secondary N) is 1. The molecule has 0 spiro atoms. The Morgan fingerprint density at radius 3 is 2.67 bits per heavy atom. The number of aryl methyl sites for hydroxylation is 1. The summed E-state index contributed by atoms with van der Waals surface area (Å²) in [5.74, 6) is 0.721. The highest BCUT2D eigenvalue weighted by atomic mass is 35.5. The van der Waals surface area contributed by atoms with Crippen LogP contribution in [0.1, 0.15) is 0 Å². The first-order valence-corrected chi connectivity index (χ1v) is 2.98. The molecular weight excluding hydrogens is 138 g/mol. The Morgan fingerprint density at radius 2 is 2.44 bits per heavy atom. The van der Waals surface area contributed by atoms with E-state index >= 15 is 0 Å². The standard InChI is InChI=1S/C5H8ClN3/c1-7-5-4(6)9(2)3-8-5/h3,7H,1-2H3. The number of hydrogen-bond donors (Lipinski definition) is 1. The predicted octanol–water partition coefficient (Wildman–Crippen LogP) is 1.12. The second-order valence-electron chi connectivity index (χ2n) is 1.74. The van der Waals surface area contributed by atoms with Crippen LogP contribution < -0.4 is 5.32 Å². The molecule has 3 nitrogen and oxygen atoms in total. The number of halogens is 1. The van der Waals surface area contributed by atoms with E-state index in [9.17, 15) is 0 Å². The molecule has 1 rings (SSSR count). The lowest BCUT2D eigenvalue weighted by Gasteiger charge is -1.93. The van der Waals surface area contributed by atoms with Crippen molar-refractivity contribution in [1.82, 2.24) is 9.55 Å². The fraction of sp³-hybridized carbons (Fsp3) is 0.400. The quantitative estimate of drug-likeness (QED) is 0.642. The van der Waals surface area contributed by atoms with Gasteiger partial charge in [0, 0.05) is 14.1 Å². The summed E-state index contributed by atoms with van der Waals surface area (Å²) in [5.41, 5.74) is 0. The molecule has 1 aromatic rings. The number of imidazole rings is 1. The molecule has 0 saturated carbocycles. The van der Waals surface area contributed by atoms with Crippen molar-refractivity contribution >= 4 is 17.4 Å². The summed E-state index contributed by atoms with van der Waals surface area (Å²) < 4.78 is 1.74. The lowest BCUT2D eigenvalue weighted by molar-refractivity contribution is 0.914. The summed E-state index contributed by atoms with van der Waals surface area (Å²) in [4.78, 5) is 3.95. The van der Waals surface area contributed by atoms with Gasteiger partial charge in [-0.05, 0) is 0 Å². The highest BCUT2D eigenvalue weighted by molar-refractivity contribution is 6.31. The van der Waals surface area contributed by atoms with Crippen molar-refractivity contribution < 1.29 is 0 Å². The molecule has 0 aliphatic rings. The van der Waals surface area contributed by atoms with Crippen molar-refractivity contribution in [3.63, 3.8) is 0 Å². The zero-order valence-corrected chi connectivity index (χ0v) is 6.11. The predicted molar refractivity (Wildman–Crippen MR) is 37.8 cm³/mol. The van der Waals surface area contributed by atoms with E-state index in [0.29, 0.717) is 5.15 Å². The Kier molecular flexibility index (Phi) is 1.62. The van der Waals surface area contributed by atoms with E-state index in [1.807, 2.05) is 7.05 Å². The Morgan fingerprint density at radius 1 is 1.78 bits per heavy atom. The maximum Gasteiger partial charge on any atom is 0.163 e. The van der Waals surface area contributed by atoms with Crippen molar-refractivity contribution in [2.75, 3.05) is 12.4 Å². The Bertz CT molecular complexity index is 206. The van der Waals surface area contributed by atoms with Gasteiger partial charge in [0.25, 0.3) is 0 Å². The molecule has 0 aromatic carbocycles. The van der Waals surface area contributed by atoms with Crippen molar-refractivity contribution in [2.24, 2.45) is 7.05 Å². The minimum atomic E-state index is 0.637. The Labute approximate surface area is 58.7 Å². The van der Waals surface area contributed by atoms with Crippen LogP contribution in [0.25, 0.3) is 0 Å². The van der Waals surface area contributed by atoms with Crippen LogP contribution >= 0.6 is 11.6 Å². The van der Waals surface area contributed by atoms with E-state index in [-0.39, 0.29) is 0 Å². The summed E-state index contributed by atoms with van der Waals surface area (Å²) in [6.45, 7) is 0. The fourth-order valence-electron chi connectivity index (χ4n) is 0.583. The van der Waals surface area contributed by atoms with Gasteiger partial charge < -0.3 is 9.88 Å². The number of aromatic nitrogens is 2. The molecule has 1 aromatic heterocycles. The fourth-order valence-corrected chi connectivity index (χ4v) is 0.770. The normalized spacial score (nSPS) is 9.67. The zero-order valence-electron chi connectivity index (χ0n) is 5.35. The molecule has 0 aliphatic heterocycles. The third-order valence-electron chi connectivity index (χ3n) is 1.10. The van der Waals surface area contributed by atoms with Crippen LogP contribution in [0.4, 0.5) is 5.82 Å². The molecule has 9 heavy (non-hydrogen) atoms. The maximum atomic E-state index is 5.75. The van der Waals surface area contributed by atoms with Crippen LogP contribution in [0.15, 0.2) is 6.33 Å². The summed E-state index contributed by atoms with van der Waals surface area (Å²) >= 11 is 5.75. The van der Waals surface area contributed by atoms with Gasteiger partial charge in [0.2, 0.25) is 0 Å². The van der Waals surface area contributed by atoms with E-state index < -0.39 is 0 Å². The molecule has 0 amide bonds. The lowest BCUT2D eigenvalue weighted by Crippen LogP contribution is -1.89. The summed E-state index contributed by atoms with van der Waals surface area (Å²) in [7, 11) is 3.63. The second-order valence-corrected chi connectivity index (χ2v) is 2.10. The SMILES string of the molecule is CNc1ncn(C)c1Cl. The molecule has 1 N–H and O–H groups in total. The molecule has 0 bridgehead atoms. The van der Waals surface area contributed by atoms with Gasteiger partial charge in [0.05, 0.1) is 6.33 Å². The van der Waals surface area contributed by atoms with Gasteiger partial charge >= 0.3 is 0 Å². The van der Waals surface area contributed by atoms with Crippen LogP contribution in [0.3, 0.4) is 0 Å². The Balaban J connectivity index is 3.04. The summed E-state index contributed by atoms with van der Waals surface area (Å²) in [6, 6.07) is 0. The third-order valence-corrected chi connectivity index (χ3v) is 1.55. The number of hydrogen-bond acceptors (Lipinski definition) is 2. The number of anilines is 1. The van der Waals surface area contributed by atoms with Gasteiger partial charge in [-0.1, -0.05) is 11.6 Å². The summed E-state index contributed by atoms with van der Waals surface area (Å²) in [6.07, 6.45) is 1.66. The van der Waals surface area contributed by atoms with Crippen molar-refractivity contribution in [3.8, 4) is 0 Å². The van der Waals surface area contributed by atoms with E-state index in [1.165, 1.54) is 0 Å². The molecule has 0 fully saturated rings. The zero-order chi connectivity index (χ0) is 6.85. The van der Waals surface area contributed by atoms with Gasteiger partial charge in [0.15, 0.2) is 11.0 Å². The van der Waals surface area contributed by atoms with Gasteiger partial charge in [-0.2, -0.15) is 0 Å². The van der Waals surface area contributed by atoms with Crippen molar-refractivity contribution in [1.29, 1.82) is 0 Å². The van der Waals surface area contributed by atoms with E-state index in [0.717, 1.165) is 5.82 Å². The molecule has 1 heterocycles. The van der Waals surface area contributed by atoms with Gasteiger partial charge in [-0.15, -0.1) is 0 Å². The van der Waals surface area contributed by atoms with E-state index in [1.54, 1.807) is 17.9 Å². The first-order valence-electron chi connectivity index (χ1n) is 2.60. The minimum Gasteiger partial charge on any atom is -0.371 e.